The van der Waals surface area contributed by atoms with Crippen molar-refractivity contribution < 1.29 is 14.6 Å². The minimum atomic E-state index is -0.755. The Labute approximate surface area is 151 Å². The highest BCUT2D eigenvalue weighted by Gasteiger charge is 2.34. The van der Waals surface area contributed by atoms with Crippen molar-refractivity contribution in [2.45, 2.75) is 57.7 Å². The SMILES string of the molecule is CCC=CCC=CCC=CC=CC=CC1OC1CC=CCCC(=O)O. The molecule has 2 atom stereocenters. The van der Waals surface area contributed by atoms with Gasteiger partial charge in [-0.2, -0.15) is 0 Å². The van der Waals surface area contributed by atoms with E-state index >= 15 is 0 Å². The number of ether oxygens (including phenoxy) is 1. The maximum absolute atomic E-state index is 10.4. The van der Waals surface area contributed by atoms with Crippen molar-refractivity contribution in [3.63, 3.8) is 0 Å². The number of hydrogen-bond donors (Lipinski definition) is 1. The van der Waals surface area contributed by atoms with Crippen LogP contribution in [0.1, 0.15) is 45.4 Å². The minimum absolute atomic E-state index is 0.190. The Morgan fingerprint density at radius 3 is 2.40 bits per heavy atom. The van der Waals surface area contributed by atoms with Crippen molar-refractivity contribution in [2.24, 2.45) is 0 Å². The number of epoxide rings is 1. The molecule has 1 N–H and O–H groups in total. The molecule has 3 nitrogen and oxygen atoms in total. The van der Waals surface area contributed by atoms with E-state index in [1.165, 1.54) is 0 Å². The van der Waals surface area contributed by atoms with Crippen molar-refractivity contribution in [3.05, 3.63) is 72.9 Å². The van der Waals surface area contributed by atoms with E-state index in [-0.39, 0.29) is 18.6 Å². The number of carboxylic acid groups (broad SMARTS) is 1. The van der Waals surface area contributed by atoms with Gasteiger partial charge in [0.25, 0.3) is 0 Å². The van der Waals surface area contributed by atoms with Crippen molar-refractivity contribution in [1.82, 2.24) is 0 Å². The fraction of sp³-hybridized carbons (Fsp3) is 0.409. The highest BCUT2D eigenvalue weighted by molar-refractivity contribution is 5.66. The van der Waals surface area contributed by atoms with E-state index in [4.69, 9.17) is 9.84 Å². The lowest BCUT2D eigenvalue weighted by Gasteiger charge is -1.87. The summed E-state index contributed by atoms with van der Waals surface area (Å²) in [5.74, 6) is -0.755. The van der Waals surface area contributed by atoms with Gasteiger partial charge >= 0.3 is 5.97 Å². The summed E-state index contributed by atoms with van der Waals surface area (Å²) in [6, 6.07) is 0. The Kier molecular flexibility index (Phi) is 11.9. The number of allylic oxidation sites excluding steroid dienone is 10. The van der Waals surface area contributed by atoms with Crippen LogP contribution in [0.5, 0.6) is 0 Å². The molecule has 1 saturated heterocycles. The van der Waals surface area contributed by atoms with Gasteiger partial charge in [0.1, 0.15) is 6.10 Å². The number of carboxylic acids is 1. The summed E-state index contributed by atoms with van der Waals surface area (Å²) in [7, 11) is 0. The van der Waals surface area contributed by atoms with E-state index in [0.717, 1.165) is 25.7 Å². The highest BCUT2D eigenvalue weighted by Crippen LogP contribution is 2.26. The third kappa shape index (κ3) is 12.9. The van der Waals surface area contributed by atoms with Gasteiger partial charge in [0.05, 0.1) is 6.10 Å². The molecule has 0 aromatic rings. The molecular weight excluding hydrogens is 312 g/mol. The van der Waals surface area contributed by atoms with E-state index in [1.807, 2.05) is 36.5 Å². The Morgan fingerprint density at radius 2 is 1.64 bits per heavy atom. The summed E-state index contributed by atoms with van der Waals surface area (Å²) in [6.07, 6.45) is 30.0. The standard InChI is InChI=1S/C22H30O3/c1-2-3-4-5-6-7-8-9-10-11-12-14-17-20-21(25-20)18-15-13-16-19-22(23)24/h3-4,6-7,9-15,17,20-21H,2,5,8,16,18-19H2,1H3,(H,23,24). The van der Waals surface area contributed by atoms with Gasteiger partial charge in [-0.1, -0.05) is 79.8 Å². The second-order valence-electron chi connectivity index (χ2n) is 5.80. The lowest BCUT2D eigenvalue weighted by molar-refractivity contribution is -0.136. The Morgan fingerprint density at radius 1 is 0.920 bits per heavy atom. The molecule has 0 spiro atoms. The van der Waals surface area contributed by atoms with Gasteiger partial charge in [-0.25, -0.2) is 0 Å². The Bertz CT molecular complexity index is 535. The molecule has 0 amide bonds. The van der Waals surface area contributed by atoms with Crippen molar-refractivity contribution in [3.8, 4) is 0 Å². The first-order valence-corrected chi connectivity index (χ1v) is 9.06. The van der Waals surface area contributed by atoms with Gasteiger partial charge in [-0.3, -0.25) is 4.79 Å². The smallest absolute Gasteiger partial charge is 0.303 e. The summed E-state index contributed by atoms with van der Waals surface area (Å²) >= 11 is 0. The molecule has 3 heteroatoms. The van der Waals surface area contributed by atoms with Crippen molar-refractivity contribution in [2.75, 3.05) is 0 Å². The van der Waals surface area contributed by atoms with Gasteiger partial charge < -0.3 is 9.84 Å². The number of rotatable bonds is 13. The molecule has 0 radical (unpaired) electrons. The Hall–Kier alpha value is -2.13. The predicted molar refractivity (Wildman–Crippen MR) is 105 cm³/mol. The van der Waals surface area contributed by atoms with Gasteiger partial charge in [-0.05, 0) is 32.1 Å². The summed E-state index contributed by atoms with van der Waals surface area (Å²) in [6.45, 7) is 2.14. The fourth-order valence-electron chi connectivity index (χ4n) is 2.14. The van der Waals surface area contributed by atoms with Crippen LogP contribution in [-0.4, -0.2) is 23.3 Å². The van der Waals surface area contributed by atoms with Crippen LogP contribution in [0.25, 0.3) is 0 Å². The molecule has 1 fully saturated rings. The van der Waals surface area contributed by atoms with Crippen LogP contribution in [0.3, 0.4) is 0 Å². The van der Waals surface area contributed by atoms with E-state index in [9.17, 15) is 4.79 Å². The summed E-state index contributed by atoms with van der Waals surface area (Å²) in [4.78, 5) is 10.4. The van der Waals surface area contributed by atoms with Crippen molar-refractivity contribution in [1.29, 1.82) is 0 Å². The average molecular weight is 342 g/mol. The normalized spacial score (nSPS) is 21.2. The first-order valence-electron chi connectivity index (χ1n) is 9.06. The first-order chi connectivity index (χ1) is 12.2. The number of carbonyl (C=O) groups is 1. The van der Waals surface area contributed by atoms with E-state index < -0.39 is 5.97 Å². The van der Waals surface area contributed by atoms with E-state index in [1.54, 1.807) is 0 Å². The quantitative estimate of drug-likeness (QED) is 0.272. The third-order valence-electron chi connectivity index (χ3n) is 3.57. The zero-order valence-electron chi connectivity index (χ0n) is 15.1. The molecule has 0 aromatic carbocycles. The maximum atomic E-state index is 10.4. The van der Waals surface area contributed by atoms with Crippen molar-refractivity contribution >= 4 is 5.97 Å². The lowest BCUT2D eigenvalue weighted by atomic mass is 10.2. The molecule has 1 heterocycles. The van der Waals surface area contributed by atoms with Gasteiger partial charge in [0.15, 0.2) is 0 Å². The lowest BCUT2D eigenvalue weighted by Crippen LogP contribution is -1.92. The van der Waals surface area contributed by atoms with Crippen LogP contribution in [0, 0.1) is 0 Å². The summed E-state index contributed by atoms with van der Waals surface area (Å²) < 4.78 is 5.52. The summed E-state index contributed by atoms with van der Waals surface area (Å²) in [5.41, 5.74) is 0. The monoisotopic (exact) mass is 342 g/mol. The zero-order valence-corrected chi connectivity index (χ0v) is 15.1. The van der Waals surface area contributed by atoms with Crippen LogP contribution in [0.15, 0.2) is 72.9 Å². The summed E-state index contributed by atoms with van der Waals surface area (Å²) in [5, 5.41) is 8.53. The molecule has 0 aromatic heterocycles. The predicted octanol–water partition coefficient (Wildman–Crippen LogP) is 5.54. The molecule has 2 unspecified atom stereocenters. The second kappa shape index (κ2) is 14.2. The highest BCUT2D eigenvalue weighted by atomic mass is 16.6. The fourth-order valence-corrected chi connectivity index (χ4v) is 2.14. The van der Waals surface area contributed by atoms with Gasteiger partial charge in [0.2, 0.25) is 0 Å². The molecular formula is C22H30O3. The van der Waals surface area contributed by atoms with Crippen LogP contribution in [0.2, 0.25) is 0 Å². The van der Waals surface area contributed by atoms with E-state index in [2.05, 4.69) is 43.4 Å². The number of hydrogen-bond acceptors (Lipinski definition) is 2. The largest absolute Gasteiger partial charge is 0.481 e. The van der Waals surface area contributed by atoms with Crippen LogP contribution in [-0.2, 0) is 9.53 Å². The minimum Gasteiger partial charge on any atom is -0.481 e. The molecule has 1 rings (SSSR count). The topological polar surface area (TPSA) is 49.8 Å². The van der Waals surface area contributed by atoms with Crippen LogP contribution in [0.4, 0.5) is 0 Å². The number of aliphatic carboxylic acids is 1. The maximum Gasteiger partial charge on any atom is 0.303 e. The molecule has 0 bridgehead atoms. The molecule has 1 aliphatic heterocycles. The van der Waals surface area contributed by atoms with E-state index in [0.29, 0.717) is 6.42 Å². The molecule has 136 valence electrons. The zero-order chi connectivity index (χ0) is 18.2. The van der Waals surface area contributed by atoms with Crippen LogP contribution >= 0.6 is 0 Å². The molecule has 0 aliphatic carbocycles. The molecule has 1 aliphatic rings. The van der Waals surface area contributed by atoms with Crippen LogP contribution < -0.4 is 0 Å². The Balaban J connectivity index is 2.04. The second-order valence-corrected chi connectivity index (χ2v) is 5.80. The first kappa shape index (κ1) is 20.9. The molecule has 0 saturated carbocycles. The average Bonchev–Trinajstić information content (AvgIpc) is 3.33. The van der Waals surface area contributed by atoms with Gasteiger partial charge in [-0.15, -0.1) is 0 Å². The van der Waals surface area contributed by atoms with Gasteiger partial charge in [0, 0.05) is 6.42 Å². The third-order valence-corrected chi connectivity index (χ3v) is 3.57. The molecule has 25 heavy (non-hydrogen) atoms.